The van der Waals surface area contributed by atoms with Crippen molar-refractivity contribution in [2.45, 2.75) is 51.1 Å². The standard InChI is InChI=1S/C13H24N2O4/c1-10(9-19-2)14-13(18)15-8-4-3-5-11(15)6-7-12(16)17/h10-11H,3-9H2,1-2H3,(H,14,18)(H,16,17). The second kappa shape index (κ2) is 7.99. The molecule has 1 aliphatic rings. The number of carbonyl (C=O) groups is 2. The van der Waals surface area contributed by atoms with Crippen molar-refractivity contribution in [1.29, 1.82) is 0 Å². The summed E-state index contributed by atoms with van der Waals surface area (Å²) < 4.78 is 4.99. The lowest BCUT2D eigenvalue weighted by Gasteiger charge is -2.36. The molecule has 2 N–H and O–H groups in total. The van der Waals surface area contributed by atoms with E-state index >= 15 is 0 Å². The number of carbonyl (C=O) groups excluding carboxylic acids is 1. The molecular formula is C13H24N2O4. The summed E-state index contributed by atoms with van der Waals surface area (Å²) >= 11 is 0. The van der Waals surface area contributed by atoms with Crippen LogP contribution in [0.2, 0.25) is 0 Å². The van der Waals surface area contributed by atoms with Crippen LogP contribution in [0.4, 0.5) is 4.79 Å². The molecule has 19 heavy (non-hydrogen) atoms. The number of amides is 2. The highest BCUT2D eigenvalue weighted by Gasteiger charge is 2.27. The molecule has 1 aliphatic heterocycles. The van der Waals surface area contributed by atoms with Gasteiger partial charge in [-0.15, -0.1) is 0 Å². The molecular weight excluding hydrogens is 248 g/mol. The number of carboxylic acids is 1. The molecule has 1 saturated heterocycles. The number of piperidine rings is 1. The summed E-state index contributed by atoms with van der Waals surface area (Å²) in [6.07, 6.45) is 3.57. The first-order valence-electron chi connectivity index (χ1n) is 6.82. The Hall–Kier alpha value is -1.30. The molecule has 6 heteroatoms. The summed E-state index contributed by atoms with van der Waals surface area (Å²) in [5, 5.41) is 11.6. The van der Waals surface area contributed by atoms with Gasteiger partial charge in [0.2, 0.25) is 0 Å². The van der Waals surface area contributed by atoms with E-state index in [4.69, 9.17) is 9.84 Å². The molecule has 6 nitrogen and oxygen atoms in total. The molecule has 0 aromatic carbocycles. The van der Waals surface area contributed by atoms with E-state index in [0.29, 0.717) is 19.6 Å². The van der Waals surface area contributed by atoms with Gasteiger partial charge in [-0.2, -0.15) is 0 Å². The molecule has 0 radical (unpaired) electrons. The Labute approximate surface area is 114 Å². The minimum absolute atomic E-state index is 0.0413. The predicted molar refractivity (Wildman–Crippen MR) is 71.1 cm³/mol. The van der Waals surface area contributed by atoms with Crippen LogP contribution in [0.5, 0.6) is 0 Å². The number of rotatable bonds is 6. The molecule has 1 fully saturated rings. The maximum Gasteiger partial charge on any atom is 0.317 e. The number of urea groups is 1. The molecule has 1 heterocycles. The number of aliphatic carboxylic acids is 1. The number of carboxylic acid groups (broad SMARTS) is 1. The lowest BCUT2D eigenvalue weighted by Crippen LogP contribution is -2.51. The van der Waals surface area contributed by atoms with Gasteiger partial charge in [-0.05, 0) is 32.6 Å². The third-order valence-electron chi connectivity index (χ3n) is 3.37. The highest BCUT2D eigenvalue weighted by Crippen LogP contribution is 2.21. The number of ether oxygens (including phenoxy) is 1. The average molecular weight is 272 g/mol. The molecule has 0 aliphatic carbocycles. The molecule has 110 valence electrons. The number of nitrogens with one attached hydrogen (secondary N) is 1. The van der Waals surface area contributed by atoms with Gasteiger partial charge in [0.15, 0.2) is 0 Å². The van der Waals surface area contributed by atoms with Crippen LogP contribution in [0.3, 0.4) is 0 Å². The van der Waals surface area contributed by atoms with Crippen molar-refractivity contribution in [2.24, 2.45) is 0 Å². The van der Waals surface area contributed by atoms with Crippen LogP contribution < -0.4 is 5.32 Å². The minimum Gasteiger partial charge on any atom is -0.481 e. The molecule has 0 bridgehead atoms. The zero-order valence-electron chi connectivity index (χ0n) is 11.7. The van der Waals surface area contributed by atoms with Gasteiger partial charge >= 0.3 is 12.0 Å². The second-order valence-electron chi connectivity index (χ2n) is 5.08. The van der Waals surface area contributed by atoms with Gasteiger partial charge in [0, 0.05) is 26.1 Å². The van der Waals surface area contributed by atoms with Crippen LogP contribution in [0, 0.1) is 0 Å². The normalized spacial score (nSPS) is 20.9. The van der Waals surface area contributed by atoms with Gasteiger partial charge in [0.1, 0.15) is 0 Å². The Morgan fingerprint density at radius 3 is 2.84 bits per heavy atom. The van der Waals surface area contributed by atoms with Gasteiger partial charge in [-0.1, -0.05) is 0 Å². The largest absolute Gasteiger partial charge is 0.481 e. The van der Waals surface area contributed by atoms with Gasteiger partial charge in [-0.3, -0.25) is 4.79 Å². The summed E-state index contributed by atoms with van der Waals surface area (Å²) in [7, 11) is 1.60. The molecule has 1 rings (SSSR count). The summed E-state index contributed by atoms with van der Waals surface area (Å²) in [4.78, 5) is 24.6. The van der Waals surface area contributed by atoms with Crippen molar-refractivity contribution in [3.63, 3.8) is 0 Å². The predicted octanol–water partition coefficient (Wildman–Crippen LogP) is 1.45. The maximum absolute atomic E-state index is 12.2. The number of hydrogen-bond acceptors (Lipinski definition) is 3. The van der Waals surface area contributed by atoms with E-state index in [-0.39, 0.29) is 24.5 Å². The highest BCUT2D eigenvalue weighted by molar-refractivity contribution is 5.75. The van der Waals surface area contributed by atoms with E-state index in [1.165, 1.54) is 0 Å². The molecule has 0 aromatic heterocycles. The van der Waals surface area contributed by atoms with Crippen molar-refractivity contribution in [2.75, 3.05) is 20.3 Å². The minimum atomic E-state index is -0.807. The fourth-order valence-electron chi connectivity index (χ4n) is 2.44. The summed E-state index contributed by atoms with van der Waals surface area (Å²) in [6.45, 7) is 3.06. The summed E-state index contributed by atoms with van der Waals surface area (Å²) in [5.41, 5.74) is 0. The quantitative estimate of drug-likeness (QED) is 0.767. The van der Waals surface area contributed by atoms with Crippen molar-refractivity contribution < 1.29 is 19.4 Å². The van der Waals surface area contributed by atoms with E-state index in [1.54, 1.807) is 12.0 Å². The summed E-state index contributed by atoms with van der Waals surface area (Å²) in [5.74, 6) is -0.807. The third kappa shape index (κ3) is 5.46. The number of likely N-dealkylation sites (tertiary alicyclic amines) is 1. The van der Waals surface area contributed by atoms with Gasteiger partial charge in [0.25, 0.3) is 0 Å². The topological polar surface area (TPSA) is 78.9 Å². The number of hydrogen-bond donors (Lipinski definition) is 2. The zero-order valence-corrected chi connectivity index (χ0v) is 11.7. The van der Waals surface area contributed by atoms with Crippen LogP contribution >= 0.6 is 0 Å². The molecule has 0 spiro atoms. The van der Waals surface area contributed by atoms with Crippen LogP contribution in [0.15, 0.2) is 0 Å². The molecule has 2 atom stereocenters. The Bertz CT molecular complexity index is 309. The Kier molecular flexibility index (Phi) is 6.62. The van der Waals surface area contributed by atoms with E-state index < -0.39 is 5.97 Å². The van der Waals surface area contributed by atoms with Crippen LogP contribution in [0.25, 0.3) is 0 Å². The van der Waals surface area contributed by atoms with Gasteiger partial charge < -0.3 is 20.1 Å². The van der Waals surface area contributed by atoms with Crippen molar-refractivity contribution in [3.05, 3.63) is 0 Å². The zero-order chi connectivity index (χ0) is 14.3. The lowest BCUT2D eigenvalue weighted by atomic mass is 9.98. The molecule has 0 aromatic rings. The van der Waals surface area contributed by atoms with Crippen LogP contribution in [-0.2, 0) is 9.53 Å². The van der Waals surface area contributed by atoms with Crippen LogP contribution in [-0.4, -0.2) is 54.4 Å². The maximum atomic E-state index is 12.2. The van der Waals surface area contributed by atoms with Gasteiger partial charge in [0.05, 0.1) is 12.6 Å². The molecule has 2 unspecified atom stereocenters. The Balaban J connectivity index is 2.50. The molecule has 2 amide bonds. The summed E-state index contributed by atoms with van der Waals surface area (Å²) in [6, 6.07) is -0.112. The van der Waals surface area contributed by atoms with E-state index in [1.807, 2.05) is 6.92 Å². The first kappa shape index (κ1) is 15.8. The number of nitrogens with zero attached hydrogens (tertiary/aromatic N) is 1. The van der Waals surface area contributed by atoms with Crippen molar-refractivity contribution in [1.82, 2.24) is 10.2 Å². The third-order valence-corrected chi connectivity index (χ3v) is 3.37. The van der Waals surface area contributed by atoms with E-state index in [0.717, 1.165) is 19.3 Å². The van der Waals surface area contributed by atoms with E-state index in [9.17, 15) is 9.59 Å². The Morgan fingerprint density at radius 2 is 2.21 bits per heavy atom. The first-order chi connectivity index (χ1) is 9.04. The Morgan fingerprint density at radius 1 is 1.47 bits per heavy atom. The fraction of sp³-hybridized carbons (Fsp3) is 0.846. The van der Waals surface area contributed by atoms with Gasteiger partial charge in [-0.25, -0.2) is 4.79 Å². The van der Waals surface area contributed by atoms with Crippen molar-refractivity contribution >= 4 is 12.0 Å². The molecule has 0 saturated carbocycles. The highest BCUT2D eigenvalue weighted by atomic mass is 16.5. The number of methoxy groups -OCH3 is 1. The monoisotopic (exact) mass is 272 g/mol. The SMILES string of the molecule is COCC(C)NC(=O)N1CCCCC1CCC(=O)O. The average Bonchev–Trinajstić information content (AvgIpc) is 2.36. The van der Waals surface area contributed by atoms with E-state index in [2.05, 4.69) is 5.32 Å². The lowest BCUT2D eigenvalue weighted by molar-refractivity contribution is -0.137. The fourth-order valence-corrected chi connectivity index (χ4v) is 2.44. The smallest absolute Gasteiger partial charge is 0.317 e. The van der Waals surface area contributed by atoms with Crippen LogP contribution in [0.1, 0.15) is 39.0 Å². The van der Waals surface area contributed by atoms with Crippen molar-refractivity contribution in [3.8, 4) is 0 Å². The second-order valence-corrected chi connectivity index (χ2v) is 5.08. The first-order valence-corrected chi connectivity index (χ1v) is 6.82.